The van der Waals surface area contributed by atoms with Crippen LogP contribution in [0.3, 0.4) is 0 Å². The number of hydrogen-bond acceptors (Lipinski definition) is 4. The summed E-state index contributed by atoms with van der Waals surface area (Å²) in [5, 5.41) is 10.1. The number of amides is 1. The molecule has 1 amide bonds. The van der Waals surface area contributed by atoms with Crippen LogP contribution in [0.25, 0.3) is 0 Å². The van der Waals surface area contributed by atoms with Crippen molar-refractivity contribution in [2.24, 2.45) is 7.05 Å². The highest BCUT2D eigenvalue weighted by Crippen LogP contribution is 2.09. The Labute approximate surface area is 94.0 Å². The van der Waals surface area contributed by atoms with E-state index in [9.17, 15) is 4.79 Å². The van der Waals surface area contributed by atoms with Crippen LogP contribution in [0.2, 0.25) is 0 Å². The van der Waals surface area contributed by atoms with Gasteiger partial charge in [0.25, 0.3) is 5.91 Å². The van der Waals surface area contributed by atoms with Gasteiger partial charge < -0.3 is 15.4 Å². The number of carbonyl (C=O) groups excluding carboxylic acids is 1. The quantitative estimate of drug-likeness (QED) is 0.721. The first-order valence-corrected chi connectivity index (χ1v) is 5.30. The summed E-state index contributed by atoms with van der Waals surface area (Å²) >= 11 is 0. The summed E-state index contributed by atoms with van der Waals surface area (Å²) in [4.78, 5) is 11.8. The van der Waals surface area contributed by atoms with Gasteiger partial charge in [0.2, 0.25) is 0 Å². The molecule has 0 aliphatic carbocycles. The van der Waals surface area contributed by atoms with Crippen molar-refractivity contribution < 1.29 is 9.53 Å². The van der Waals surface area contributed by atoms with Crippen LogP contribution < -0.4 is 10.6 Å². The van der Waals surface area contributed by atoms with E-state index in [1.54, 1.807) is 11.7 Å². The zero-order chi connectivity index (χ0) is 11.5. The van der Waals surface area contributed by atoms with Crippen molar-refractivity contribution >= 4 is 11.7 Å². The first-order chi connectivity index (χ1) is 7.66. The van der Waals surface area contributed by atoms with Crippen LogP contribution in [-0.4, -0.2) is 41.5 Å². The molecule has 0 bridgehead atoms. The van der Waals surface area contributed by atoms with Crippen LogP contribution in [0, 0.1) is 6.92 Å². The molecule has 1 aliphatic rings. The van der Waals surface area contributed by atoms with E-state index >= 15 is 0 Å². The zero-order valence-electron chi connectivity index (χ0n) is 9.49. The highest BCUT2D eigenvalue weighted by Gasteiger charge is 2.22. The van der Waals surface area contributed by atoms with E-state index in [2.05, 4.69) is 15.7 Å². The van der Waals surface area contributed by atoms with E-state index in [0.717, 1.165) is 12.2 Å². The fourth-order valence-electron chi connectivity index (χ4n) is 1.67. The van der Waals surface area contributed by atoms with Gasteiger partial charge in [-0.05, 0) is 6.92 Å². The maximum Gasteiger partial charge on any atom is 0.255 e. The minimum Gasteiger partial charge on any atom is -0.366 e. The Balaban J connectivity index is 1.98. The molecule has 1 aliphatic heterocycles. The minimum absolute atomic E-state index is 0.129. The normalized spacial score (nSPS) is 20.8. The average Bonchev–Trinajstić information content (AvgIpc) is 2.59. The van der Waals surface area contributed by atoms with Crippen molar-refractivity contribution in [1.82, 2.24) is 15.1 Å². The number of anilines is 1. The smallest absolute Gasteiger partial charge is 0.255 e. The molecule has 6 nitrogen and oxygen atoms in total. The van der Waals surface area contributed by atoms with Crippen molar-refractivity contribution in [1.29, 1.82) is 0 Å². The molecule has 0 saturated carbocycles. The van der Waals surface area contributed by atoms with Crippen LogP contribution in [0.1, 0.15) is 5.69 Å². The van der Waals surface area contributed by atoms with Crippen molar-refractivity contribution in [2.45, 2.75) is 13.0 Å². The first-order valence-electron chi connectivity index (χ1n) is 5.30. The topological polar surface area (TPSA) is 68.2 Å². The number of rotatable bonds is 2. The van der Waals surface area contributed by atoms with Gasteiger partial charge in [0.15, 0.2) is 0 Å². The van der Waals surface area contributed by atoms with Crippen molar-refractivity contribution in [2.75, 3.05) is 25.0 Å². The lowest BCUT2D eigenvalue weighted by molar-refractivity contribution is -0.128. The molecule has 2 N–H and O–H groups in total. The number of morpholine rings is 1. The van der Waals surface area contributed by atoms with Crippen LogP contribution in [0.15, 0.2) is 6.07 Å². The molecule has 16 heavy (non-hydrogen) atoms. The maximum absolute atomic E-state index is 11.8. The Hall–Kier alpha value is -1.40. The van der Waals surface area contributed by atoms with E-state index < -0.39 is 6.10 Å². The number of hydrogen-bond donors (Lipinski definition) is 2. The van der Waals surface area contributed by atoms with Gasteiger partial charge in [0.1, 0.15) is 11.9 Å². The summed E-state index contributed by atoms with van der Waals surface area (Å²) in [5.74, 6) is 0.562. The number of nitrogens with zero attached hydrogens (tertiary/aromatic N) is 2. The number of aromatic nitrogens is 2. The van der Waals surface area contributed by atoms with Gasteiger partial charge in [0.05, 0.1) is 12.3 Å². The average molecular weight is 224 g/mol. The standard InChI is InChI=1S/C10H16N4O2/c1-7-5-9(14(2)13-7)12-10(15)8-6-11-3-4-16-8/h5,8,11H,3-4,6H2,1-2H3,(H,12,15). The lowest BCUT2D eigenvalue weighted by atomic mass is 10.3. The SMILES string of the molecule is Cc1cc(NC(=O)C2CNCCO2)n(C)n1. The summed E-state index contributed by atoms with van der Waals surface area (Å²) in [6.07, 6.45) is -0.413. The highest BCUT2D eigenvalue weighted by molar-refractivity contribution is 5.93. The number of aryl methyl sites for hydroxylation is 2. The summed E-state index contributed by atoms with van der Waals surface area (Å²) < 4.78 is 7.00. The van der Waals surface area contributed by atoms with Crippen LogP contribution in [-0.2, 0) is 16.6 Å². The number of nitrogens with one attached hydrogen (secondary N) is 2. The van der Waals surface area contributed by atoms with Crippen molar-refractivity contribution in [3.05, 3.63) is 11.8 Å². The molecular formula is C10H16N4O2. The van der Waals surface area contributed by atoms with Gasteiger partial charge in [-0.15, -0.1) is 0 Å². The first kappa shape index (κ1) is 11.1. The molecule has 1 atom stereocenters. The molecule has 0 aromatic carbocycles. The Kier molecular flexibility index (Phi) is 3.21. The molecule has 1 aromatic rings. The van der Waals surface area contributed by atoms with E-state index in [1.807, 2.05) is 13.0 Å². The molecule has 1 fully saturated rings. The van der Waals surface area contributed by atoms with Crippen LogP contribution >= 0.6 is 0 Å². The molecule has 1 unspecified atom stereocenters. The van der Waals surface area contributed by atoms with Gasteiger partial charge in [-0.25, -0.2) is 0 Å². The molecule has 1 aromatic heterocycles. The second-order valence-electron chi connectivity index (χ2n) is 3.85. The second-order valence-corrected chi connectivity index (χ2v) is 3.85. The molecular weight excluding hydrogens is 208 g/mol. The largest absolute Gasteiger partial charge is 0.366 e. The predicted molar refractivity (Wildman–Crippen MR) is 59.2 cm³/mol. The minimum atomic E-state index is -0.413. The fraction of sp³-hybridized carbons (Fsp3) is 0.600. The van der Waals surface area contributed by atoms with Crippen LogP contribution in [0.5, 0.6) is 0 Å². The van der Waals surface area contributed by atoms with Gasteiger partial charge in [-0.3, -0.25) is 9.48 Å². The Morgan fingerprint density at radius 2 is 2.56 bits per heavy atom. The second kappa shape index (κ2) is 4.63. The van der Waals surface area contributed by atoms with Crippen molar-refractivity contribution in [3.8, 4) is 0 Å². The molecule has 0 radical (unpaired) electrons. The summed E-state index contributed by atoms with van der Waals surface area (Å²) in [5.41, 5.74) is 0.875. The van der Waals surface area contributed by atoms with E-state index in [1.165, 1.54) is 0 Å². The monoisotopic (exact) mass is 224 g/mol. The summed E-state index contributed by atoms with van der Waals surface area (Å²) in [6, 6.07) is 1.83. The molecule has 2 heterocycles. The van der Waals surface area contributed by atoms with Gasteiger partial charge in [-0.1, -0.05) is 0 Å². The Bertz CT molecular complexity index is 382. The van der Waals surface area contributed by atoms with E-state index in [4.69, 9.17) is 4.74 Å². The summed E-state index contributed by atoms with van der Waals surface area (Å²) in [6.45, 7) is 3.81. The van der Waals surface area contributed by atoms with E-state index in [-0.39, 0.29) is 5.91 Å². The maximum atomic E-state index is 11.8. The number of carbonyl (C=O) groups is 1. The Morgan fingerprint density at radius 3 is 3.12 bits per heavy atom. The molecule has 88 valence electrons. The Morgan fingerprint density at radius 1 is 1.75 bits per heavy atom. The van der Waals surface area contributed by atoms with Gasteiger partial charge in [-0.2, -0.15) is 5.10 Å². The number of ether oxygens (including phenoxy) is 1. The summed E-state index contributed by atoms with van der Waals surface area (Å²) in [7, 11) is 1.79. The fourth-order valence-corrected chi connectivity index (χ4v) is 1.67. The third-order valence-corrected chi connectivity index (χ3v) is 2.47. The predicted octanol–water partition coefficient (Wildman–Crippen LogP) is -0.345. The van der Waals surface area contributed by atoms with Gasteiger partial charge in [0, 0.05) is 26.2 Å². The van der Waals surface area contributed by atoms with Gasteiger partial charge >= 0.3 is 0 Å². The zero-order valence-corrected chi connectivity index (χ0v) is 9.49. The van der Waals surface area contributed by atoms with E-state index in [0.29, 0.717) is 19.0 Å². The van der Waals surface area contributed by atoms with Crippen molar-refractivity contribution in [3.63, 3.8) is 0 Å². The third kappa shape index (κ3) is 2.40. The molecule has 0 spiro atoms. The molecule has 1 saturated heterocycles. The molecule has 6 heteroatoms. The van der Waals surface area contributed by atoms with Crippen LogP contribution in [0.4, 0.5) is 5.82 Å². The highest BCUT2D eigenvalue weighted by atomic mass is 16.5. The molecule has 2 rings (SSSR count). The lowest BCUT2D eigenvalue weighted by Crippen LogP contribution is -2.45. The lowest BCUT2D eigenvalue weighted by Gasteiger charge is -2.22. The third-order valence-electron chi connectivity index (χ3n) is 2.47.